The van der Waals surface area contributed by atoms with Crippen LogP contribution in [0.25, 0.3) is 21.5 Å². The van der Waals surface area contributed by atoms with Crippen LogP contribution in [0.5, 0.6) is 0 Å². The number of halogens is 2. The average Bonchev–Trinajstić information content (AvgIpc) is 3.21. The first kappa shape index (κ1) is 33.5. The van der Waals surface area contributed by atoms with Crippen molar-refractivity contribution in [1.82, 2.24) is 0 Å². The molecule has 0 saturated carbocycles. The molecule has 3 aromatic carbocycles. The Morgan fingerprint density at radius 2 is 1.21 bits per heavy atom. The fourth-order valence-electron chi connectivity index (χ4n) is 3.70. The van der Waals surface area contributed by atoms with Gasteiger partial charge in [-0.15, -0.1) is 64.6 Å². The van der Waals surface area contributed by atoms with Crippen molar-refractivity contribution in [2.45, 2.75) is 79.3 Å². The van der Waals surface area contributed by atoms with Gasteiger partial charge in [-0.25, -0.2) is 11.6 Å². The quantitative estimate of drug-likeness (QED) is 0.180. The van der Waals surface area contributed by atoms with Crippen LogP contribution in [-0.4, -0.2) is 5.43 Å². The van der Waals surface area contributed by atoms with Crippen LogP contribution in [0.15, 0.2) is 60.2 Å². The van der Waals surface area contributed by atoms with Gasteiger partial charge in [-0.05, 0) is 10.8 Å². The molecule has 0 aliphatic heterocycles. The molecular weight excluding hydrogens is 551 g/mol. The number of fused-ring (bicyclic) bond motifs is 3. The Balaban J connectivity index is 0.000000702. The summed E-state index contributed by atoms with van der Waals surface area (Å²) >= 11 is 1.74. The molecule has 4 heteroatoms. The zero-order valence-electron chi connectivity index (χ0n) is 22.6. The van der Waals surface area contributed by atoms with E-state index in [9.17, 15) is 0 Å². The molecule has 0 aromatic heterocycles. The number of rotatable bonds is 0. The van der Waals surface area contributed by atoms with Crippen LogP contribution in [0.3, 0.4) is 0 Å². The summed E-state index contributed by atoms with van der Waals surface area (Å²) in [6.07, 6.45) is 7.47. The van der Waals surface area contributed by atoms with Gasteiger partial charge in [0.25, 0.3) is 0 Å². The summed E-state index contributed by atoms with van der Waals surface area (Å²) in [7, 11) is 0. The number of allylic oxidation sites excluding steroid dienone is 4. The van der Waals surface area contributed by atoms with Gasteiger partial charge in [-0.3, -0.25) is 6.08 Å². The summed E-state index contributed by atoms with van der Waals surface area (Å²) in [6, 6.07) is 16.2. The zero-order valence-corrected chi connectivity index (χ0v) is 27.7. The fraction of sp³-hybridized carbons (Fsp3) is 0.433. The standard InChI is InChI=1S/C21H25.C7H9.C2H6Si.2ClH.Zr/c1-20(2,3)16-7-9-18-14(12-16)11-15-13-17(21(4,5)6)8-10-19(15)18;1-6-3-4-7(2)5-6;1-3-2;;;/h7-13H,1-6H3;3-4,6H,1-2H3;1-2H3;2*1H;/q2*-1;;;;+2. The minimum absolute atomic E-state index is 0. The van der Waals surface area contributed by atoms with Gasteiger partial charge in [-0.2, -0.15) is 6.08 Å². The molecule has 3 aromatic rings. The monoisotopic (exact) mass is 590 g/mol. The third-order valence-electron chi connectivity index (χ3n) is 5.53. The van der Waals surface area contributed by atoms with Crippen molar-refractivity contribution < 1.29 is 23.3 Å². The van der Waals surface area contributed by atoms with Crippen molar-refractivity contribution >= 4 is 51.8 Å². The van der Waals surface area contributed by atoms with Crippen molar-refractivity contribution in [3.05, 3.63) is 77.4 Å². The van der Waals surface area contributed by atoms with E-state index in [0.717, 1.165) is 0 Å². The van der Waals surface area contributed by atoms with Gasteiger partial charge in [0.15, 0.2) is 0 Å². The first-order valence-corrected chi connectivity index (χ1v) is 17.8. The molecule has 0 heterocycles. The second-order valence-electron chi connectivity index (χ2n) is 11.2. The van der Waals surface area contributed by atoms with Crippen molar-refractivity contribution in [1.29, 1.82) is 0 Å². The van der Waals surface area contributed by atoms with Gasteiger partial charge in [0.1, 0.15) is 0 Å². The smallest absolute Gasteiger partial charge is 0.147 e. The summed E-state index contributed by atoms with van der Waals surface area (Å²) in [5.74, 6) is 0.556. The molecule has 4 rings (SSSR count). The normalized spacial score (nSPS) is 14.8. The minimum Gasteiger partial charge on any atom is -0.147 e. The van der Waals surface area contributed by atoms with Crippen LogP contribution < -0.4 is 0 Å². The minimum atomic E-state index is 0. The molecule has 34 heavy (non-hydrogen) atoms. The van der Waals surface area contributed by atoms with Crippen LogP contribution in [0, 0.1) is 12.0 Å². The van der Waals surface area contributed by atoms with Gasteiger partial charge < -0.3 is 0 Å². The van der Waals surface area contributed by atoms with Crippen molar-refractivity contribution in [2.24, 2.45) is 5.92 Å². The molecule has 184 valence electrons. The van der Waals surface area contributed by atoms with Crippen molar-refractivity contribution in [3.63, 3.8) is 0 Å². The number of hydrogen-bond acceptors (Lipinski definition) is 0. The molecule has 0 amide bonds. The van der Waals surface area contributed by atoms with Crippen LogP contribution in [-0.2, 0) is 34.2 Å². The second-order valence-corrected chi connectivity index (χ2v) is 20.6. The van der Waals surface area contributed by atoms with Crippen molar-refractivity contribution in [3.8, 4) is 0 Å². The first-order valence-electron chi connectivity index (χ1n) is 11.6. The summed E-state index contributed by atoms with van der Waals surface area (Å²) in [6.45, 7) is 22.5. The second kappa shape index (κ2) is 13.7. The Bertz CT molecular complexity index is 1080. The van der Waals surface area contributed by atoms with E-state index in [1.807, 2.05) is 0 Å². The largest absolute Gasteiger partial charge is 0.147 e. The van der Waals surface area contributed by atoms with E-state index in [1.165, 1.54) is 38.2 Å². The van der Waals surface area contributed by atoms with Gasteiger partial charge in [0, 0.05) is 0 Å². The first-order chi connectivity index (χ1) is 14.7. The van der Waals surface area contributed by atoms with E-state index in [0.29, 0.717) is 5.92 Å². The average molecular weight is 593 g/mol. The number of benzene rings is 2. The molecule has 0 nitrogen and oxygen atoms in total. The Morgan fingerprint density at radius 3 is 1.44 bits per heavy atom. The molecular formula is C30H42Cl2SiZr. The van der Waals surface area contributed by atoms with E-state index in [-0.39, 0.29) is 41.1 Å². The van der Waals surface area contributed by atoms with Gasteiger partial charge in [0.2, 0.25) is 0 Å². The molecule has 0 radical (unpaired) electrons. The molecule has 1 aliphatic rings. The molecule has 1 atom stereocenters. The SMILES string of the molecule is CC(C)(C)c1ccc2c(c1)[cH-]c1cc(C(C)(C)C)ccc12.CC1=[C-]C(C)C=C1.C[Si](C)=[Zr+2].Cl.Cl. The zero-order chi connectivity index (χ0) is 24.3. The Morgan fingerprint density at radius 1 is 0.824 bits per heavy atom. The van der Waals surface area contributed by atoms with Crippen LogP contribution >= 0.6 is 24.8 Å². The Kier molecular flexibility index (Phi) is 13.5. The number of hydrogen-bond donors (Lipinski definition) is 0. The van der Waals surface area contributed by atoms with E-state index in [1.54, 1.807) is 23.3 Å². The summed E-state index contributed by atoms with van der Waals surface area (Å²) in [5.41, 5.74) is 4.69. The van der Waals surface area contributed by atoms with Crippen molar-refractivity contribution in [2.75, 3.05) is 0 Å². The molecule has 1 aliphatic carbocycles. The fourth-order valence-corrected chi connectivity index (χ4v) is 3.70. The molecule has 1 unspecified atom stereocenters. The molecule has 0 bridgehead atoms. The summed E-state index contributed by atoms with van der Waals surface area (Å²) in [5, 5.41) is 5.48. The van der Waals surface area contributed by atoms with Crippen LogP contribution in [0.1, 0.15) is 66.5 Å². The third-order valence-corrected chi connectivity index (χ3v) is 5.53. The Labute approximate surface area is 236 Å². The molecule has 0 saturated heterocycles. The van der Waals surface area contributed by atoms with Crippen LogP contribution in [0.4, 0.5) is 0 Å². The van der Waals surface area contributed by atoms with E-state index in [2.05, 4.69) is 129 Å². The predicted molar refractivity (Wildman–Crippen MR) is 157 cm³/mol. The Hall–Kier alpha value is -0.530. The molecule has 0 fully saturated rings. The third kappa shape index (κ3) is 9.85. The topological polar surface area (TPSA) is 0 Å². The predicted octanol–water partition coefficient (Wildman–Crippen LogP) is 9.88. The van der Waals surface area contributed by atoms with E-state index < -0.39 is 0 Å². The van der Waals surface area contributed by atoms with E-state index in [4.69, 9.17) is 0 Å². The summed E-state index contributed by atoms with van der Waals surface area (Å²) in [4.78, 5) is 0. The molecule has 0 spiro atoms. The maximum atomic E-state index is 3.22. The summed E-state index contributed by atoms with van der Waals surface area (Å²) < 4.78 is 0. The van der Waals surface area contributed by atoms with Gasteiger partial charge in [-0.1, -0.05) is 96.7 Å². The maximum absolute atomic E-state index is 3.22. The van der Waals surface area contributed by atoms with Gasteiger partial charge >= 0.3 is 41.9 Å². The molecule has 0 N–H and O–H groups in total. The van der Waals surface area contributed by atoms with Crippen LogP contribution in [0.2, 0.25) is 13.1 Å². The van der Waals surface area contributed by atoms with E-state index >= 15 is 0 Å². The van der Waals surface area contributed by atoms with Gasteiger partial charge in [0.05, 0.1) is 0 Å². The maximum Gasteiger partial charge on any atom is -0.147 e.